The number of carbonyl (C=O) groups excluding carboxylic acids is 1. The number of anilines is 2. The topological polar surface area (TPSA) is 116 Å². The SMILES string of the molecule is CNC1CC=C(c2cnc(N)c3c(-c4ccc(CC(=O)Nc5ccc6c(c5)OC(F)(F)O6)c5ccccc45)nc(C(C)C)n23)CC1. The van der Waals surface area contributed by atoms with Gasteiger partial charge in [-0.3, -0.25) is 9.20 Å². The molecule has 0 saturated carbocycles. The lowest BCUT2D eigenvalue weighted by molar-refractivity contribution is -0.286. The van der Waals surface area contributed by atoms with E-state index >= 15 is 0 Å². The number of imidazole rings is 1. The predicted octanol–water partition coefficient (Wildman–Crippen LogP) is 6.91. The number of alkyl halides is 2. The van der Waals surface area contributed by atoms with Crippen LogP contribution in [0.25, 0.3) is 33.1 Å². The lowest BCUT2D eigenvalue weighted by atomic mass is 9.93. The minimum absolute atomic E-state index is 0.0577. The smallest absolute Gasteiger partial charge is 0.395 e. The molecule has 11 heteroatoms. The first-order valence-electron chi connectivity index (χ1n) is 15.4. The van der Waals surface area contributed by atoms with Gasteiger partial charge in [0.15, 0.2) is 11.5 Å². The van der Waals surface area contributed by atoms with Crippen LogP contribution in [0.4, 0.5) is 20.3 Å². The van der Waals surface area contributed by atoms with E-state index in [2.05, 4.69) is 49.4 Å². The predicted molar refractivity (Wildman–Crippen MR) is 174 cm³/mol. The minimum Gasteiger partial charge on any atom is -0.395 e. The zero-order chi connectivity index (χ0) is 32.2. The van der Waals surface area contributed by atoms with Crippen molar-refractivity contribution in [3.63, 3.8) is 0 Å². The van der Waals surface area contributed by atoms with Gasteiger partial charge < -0.3 is 25.8 Å². The Bertz CT molecular complexity index is 2040. The number of halogens is 2. The van der Waals surface area contributed by atoms with Gasteiger partial charge >= 0.3 is 6.29 Å². The zero-order valence-electron chi connectivity index (χ0n) is 25.7. The average molecular weight is 625 g/mol. The van der Waals surface area contributed by atoms with E-state index in [9.17, 15) is 13.6 Å². The Morgan fingerprint density at radius 1 is 1.11 bits per heavy atom. The summed E-state index contributed by atoms with van der Waals surface area (Å²) in [6, 6.07) is 16.4. The molecule has 0 saturated heterocycles. The van der Waals surface area contributed by atoms with Gasteiger partial charge in [-0.25, -0.2) is 9.97 Å². The van der Waals surface area contributed by atoms with Crippen molar-refractivity contribution in [2.24, 2.45) is 0 Å². The number of rotatable bonds is 7. The van der Waals surface area contributed by atoms with Crippen molar-refractivity contribution in [1.29, 1.82) is 0 Å². The lowest BCUT2D eigenvalue weighted by Gasteiger charge is -2.22. The van der Waals surface area contributed by atoms with Crippen LogP contribution in [0.2, 0.25) is 0 Å². The maximum absolute atomic E-state index is 13.4. The van der Waals surface area contributed by atoms with Crippen molar-refractivity contribution in [2.75, 3.05) is 18.1 Å². The van der Waals surface area contributed by atoms with Crippen LogP contribution < -0.4 is 25.8 Å². The number of fused-ring (bicyclic) bond motifs is 3. The average Bonchev–Trinajstić information content (AvgIpc) is 3.59. The molecule has 2 aliphatic rings. The Balaban J connectivity index is 1.26. The molecule has 2 aromatic heterocycles. The summed E-state index contributed by atoms with van der Waals surface area (Å²) < 4.78 is 38.0. The summed E-state index contributed by atoms with van der Waals surface area (Å²) in [7, 11) is 2.00. The molecule has 3 aromatic carbocycles. The van der Waals surface area contributed by atoms with Gasteiger partial charge in [0, 0.05) is 29.3 Å². The first-order chi connectivity index (χ1) is 22.1. The number of nitrogens with two attached hydrogens (primary N) is 1. The number of benzene rings is 3. The van der Waals surface area contributed by atoms with Crippen molar-refractivity contribution in [1.82, 2.24) is 19.7 Å². The van der Waals surface area contributed by atoms with Gasteiger partial charge in [0.05, 0.1) is 18.3 Å². The van der Waals surface area contributed by atoms with Crippen LogP contribution in [0.1, 0.15) is 56.1 Å². The molecule has 236 valence electrons. The third kappa shape index (κ3) is 5.30. The fourth-order valence-corrected chi connectivity index (χ4v) is 6.42. The van der Waals surface area contributed by atoms with Crippen molar-refractivity contribution >= 4 is 39.3 Å². The fourth-order valence-electron chi connectivity index (χ4n) is 6.42. The van der Waals surface area contributed by atoms with E-state index in [1.807, 2.05) is 49.6 Å². The highest BCUT2D eigenvalue weighted by Crippen LogP contribution is 2.43. The number of hydrogen-bond acceptors (Lipinski definition) is 7. The number of nitrogens with zero attached hydrogens (tertiary/aromatic N) is 3. The third-order valence-corrected chi connectivity index (χ3v) is 8.68. The summed E-state index contributed by atoms with van der Waals surface area (Å²) in [4.78, 5) is 23.0. The second-order valence-electron chi connectivity index (χ2n) is 12.0. The largest absolute Gasteiger partial charge is 0.586 e. The molecule has 1 amide bonds. The number of hydrogen-bond donors (Lipinski definition) is 3. The standard InChI is InChI=1S/C35H34F2N6O3/c1-19(2)34-42-31(32-33(38)40-18-27(43(32)34)20-8-11-22(39-3)12-9-20)26-14-10-21(24-6-4-5-7-25(24)26)16-30(44)41-23-13-15-28-29(17-23)46-35(36,37)45-28/h4-8,10,13-15,17-19,22,39H,9,11-12,16H2,1-3H3,(H2,38,40)(H,41,44). The molecular formula is C35H34F2N6O3. The Morgan fingerprint density at radius 2 is 1.89 bits per heavy atom. The summed E-state index contributed by atoms with van der Waals surface area (Å²) in [6.07, 6.45) is 3.38. The zero-order valence-corrected chi connectivity index (χ0v) is 25.7. The molecule has 4 N–H and O–H groups in total. The Kier molecular flexibility index (Phi) is 7.35. The number of nitrogens with one attached hydrogen (secondary N) is 2. The van der Waals surface area contributed by atoms with Crippen LogP contribution in [0, 0.1) is 0 Å². The number of carbonyl (C=O) groups is 1. The Hall–Kier alpha value is -5.03. The molecule has 1 aliphatic heterocycles. The number of ether oxygens (including phenoxy) is 2. The van der Waals surface area contributed by atoms with Crippen LogP contribution in [-0.4, -0.2) is 39.7 Å². The number of amides is 1. The molecule has 1 atom stereocenters. The summed E-state index contributed by atoms with van der Waals surface area (Å²) in [5.41, 5.74) is 12.4. The fraction of sp³-hybridized carbons (Fsp3) is 0.286. The highest BCUT2D eigenvalue weighted by atomic mass is 19.3. The Morgan fingerprint density at radius 3 is 2.63 bits per heavy atom. The van der Waals surface area contributed by atoms with Gasteiger partial charge in [-0.15, -0.1) is 8.78 Å². The lowest BCUT2D eigenvalue weighted by Crippen LogP contribution is -2.26. The van der Waals surface area contributed by atoms with E-state index in [4.69, 9.17) is 10.7 Å². The number of aromatic nitrogens is 3. The van der Waals surface area contributed by atoms with Crippen LogP contribution >= 0.6 is 0 Å². The van der Waals surface area contributed by atoms with E-state index in [0.717, 1.165) is 63.9 Å². The molecule has 0 fully saturated rings. The first kappa shape index (κ1) is 29.7. The highest BCUT2D eigenvalue weighted by molar-refractivity contribution is 6.04. The minimum atomic E-state index is -3.73. The molecule has 0 spiro atoms. The van der Waals surface area contributed by atoms with Crippen LogP contribution in [-0.2, 0) is 11.2 Å². The second kappa shape index (κ2) is 11.4. The highest BCUT2D eigenvalue weighted by Gasteiger charge is 2.43. The molecule has 3 heterocycles. The van der Waals surface area contributed by atoms with E-state index in [-0.39, 0.29) is 29.7 Å². The normalized spacial score (nSPS) is 17.1. The van der Waals surface area contributed by atoms with Gasteiger partial charge in [0.1, 0.15) is 22.9 Å². The van der Waals surface area contributed by atoms with Crippen LogP contribution in [0.5, 0.6) is 11.5 Å². The Labute approximate surface area is 264 Å². The quantitative estimate of drug-likeness (QED) is 0.180. The summed E-state index contributed by atoms with van der Waals surface area (Å²) >= 11 is 0. The van der Waals surface area contributed by atoms with Crippen molar-refractivity contribution in [2.45, 2.75) is 57.8 Å². The van der Waals surface area contributed by atoms with E-state index < -0.39 is 6.29 Å². The molecule has 1 aliphatic carbocycles. The molecule has 0 radical (unpaired) electrons. The van der Waals surface area contributed by atoms with Crippen LogP contribution in [0.3, 0.4) is 0 Å². The molecule has 5 aromatic rings. The van der Waals surface area contributed by atoms with E-state index in [0.29, 0.717) is 17.5 Å². The maximum atomic E-state index is 13.4. The molecule has 0 bridgehead atoms. The summed E-state index contributed by atoms with van der Waals surface area (Å²) in [5, 5.41) is 7.97. The van der Waals surface area contributed by atoms with Crippen LogP contribution in [0.15, 0.2) is 66.9 Å². The summed E-state index contributed by atoms with van der Waals surface area (Å²) in [6.45, 7) is 4.24. The van der Waals surface area contributed by atoms with Gasteiger partial charge in [-0.1, -0.05) is 56.3 Å². The molecule has 9 nitrogen and oxygen atoms in total. The van der Waals surface area contributed by atoms with Crippen molar-refractivity contribution in [3.05, 3.63) is 84.0 Å². The van der Waals surface area contributed by atoms with Gasteiger partial charge in [-0.05, 0) is 60.4 Å². The maximum Gasteiger partial charge on any atom is 0.586 e. The van der Waals surface area contributed by atoms with Crippen molar-refractivity contribution in [3.8, 4) is 22.8 Å². The molecule has 7 rings (SSSR count). The third-order valence-electron chi connectivity index (χ3n) is 8.68. The van der Waals surface area contributed by atoms with Gasteiger partial charge in [-0.2, -0.15) is 0 Å². The van der Waals surface area contributed by atoms with E-state index in [1.165, 1.54) is 23.8 Å². The molecular weight excluding hydrogens is 590 g/mol. The number of allylic oxidation sites excluding steroid dienone is 1. The van der Waals surface area contributed by atoms with Crippen molar-refractivity contribution < 1.29 is 23.0 Å². The first-order valence-corrected chi connectivity index (χ1v) is 15.4. The van der Waals surface area contributed by atoms with Gasteiger partial charge in [0.25, 0.3) is 0 Å². The van der Waals surface area contributed by atoms with E-state index in [1.54, 1.807) is 0 Å². The molecule has 46 heavy (non-hydrogen) atoms. The second-order valence-corrected chi connectivity index (χ2v) is 12.0. The molecule has 1 unspecified atom stereocenters. The van der Waals surface area contributed by atoms with Gasteiger partial charge in [0.2, 0.25) is 5.91 Å². The summed E-state index contributed by atoms with van der Waals surface area (Å²) in [5.74, 6) is 0.893. The monoisotopic (exact) mass is 624 g/mol. The number of nitrogen functional groups attached to an aromatic ring is 1.